The lowest BCUT2D eigenvalue weighted by atomic mass is 9.85. The summed E-state index contributed by atoms with van der Waals surface area (Å²) in [5.74, 6) is 0.749. The topological polar surface area (TPSA) is 67.1 Å². The van der Waals surface area contributed by atoms with Crippen molar-refractivity contribution in [2.75, 3.05) is 0 Å². The van der Waals surface area contributed by atoms with Gasteiger partial charge in [0.15, 0.2) is 11.8 Å². The van der Waals surface area contributed by atoms with Crippen LogP contribution in [0, 0.1) is 12.8 Å². The maximum Gasteiger partial charge on any atom is 0.391 e. The van der Waals surface area contributed by atoms with E-state index >= 15 is 0 Å². The van der Waals surface area contributed by atoms with Gasteiger partial charge < -0.3 is 15.2 Å². The Labute approximate surface area is 191 Å². The third-order valence-corrected chi connectivity index (χ3v) is 5.34. The number of nitrogens with one attached hydrogen (secondary N) is 2. The molecule has 2 N–H and O–H groups in total. The molecule has 1 saturated carbocycles. The number of aliphatic imine (C=N–C) groups is 1. The molecule has 10 heteroatoms. The molecule has 30 heavy (non-hydrogen) atoms. The van der Waals surface area contributed by atoms with E-state index in [9.17, 15) is 13.2 Å². The van der Waals surface area contributed by atoms with Gasteiger partial charge in [-0.25, -0.2) is 4.99 Å². The van der Waals surface area contributed by atoms with Crippen LogP contribution in [0.1, 0.15) is 42.9 Å². The average molecular weight is 536 g/mol. The molecule has 6 nitrogen and oxygen atoms in total. The van der Waals surface area contributed by atoms with Gasteiger partial charge in [0, 0.05) is 13.1 Å². The van der Waals surface area contributed by atoms with Crippen LogP contribution in [0.15, 0.2) is 35.3 Å². The van der Waals surface area contributed by atoms with Gasteiger partial charge in [-0.1, -0.05) is 36.8 Å². The molecule has 1 heterocycles. The fourth-order valence-corrected chi connectivity index (χ4v) is 3.49. The molecule has 3 rings (SSSR count). The highest BCUT2D eigenvalue weighted by atomic mass is 127. The molecular formula is C20H28F3IN6. The lowest BCUT2D eigenvalue weighted by Crippen LogP contribution is -2.46. The first-order chi connectivity index (χ1) is 13.8. The Morgan fingerprint density at radius 3 is 2.57 bits per heavy atom. The Morgan fingerprint density at radius 1 is 1.20 bits per heavy atom. The van der Waals surface area contributed by atoms with Gasteiger partial charge >= 0.3 is 6.18 Å². The van der Waals surface area contributed by atoms with E-state index in [-0.39, 0.29) is 42.9 Å². The summed E-state index contributed by atoms with van der Waals surface area (Å²) in [4.78, 5) is 4.58. The van der Waals surface area contributed by atoms with E-state index in [4.69, 9.17) is 0 Å². The molecular weight excluding hydrogens is 508 g/mol. The second kappa shape index (κ2) is 11.0. The molecule has 1 aromatic heterocycles. The monoisotopic (exact) mass is 536 g/mol. The maximum absolute atomic E-state index is 13.1. The molecule has 0 bridgehead atoms. The minimum absolute atomic E-state index is 0. The third-order valence-electron chi connectivity index (χ3n) is 5.34. The Bertz CT molecular complexity index is 822. The summed E-state index contributed by atoms with van der Waals surface area (Å²) >= 11 is 0. The van der Waals surface area contributed by atoms with Gasteiger partial charge in [-0.2, -0.15) is 13.2 Å². The van der Waals surface area contributed by atoms with Crippen LogP contribution in [0.25, 0.3) is 0 Å². The summed E-state index contributed by atoms with van der Waals surface area (Å²) < 4.78 is 41.3. The average Bonchev–Trinajstić information content (AvgIpc) is 3.02. The minimum atomic E-state index is -4.15. The van der Waals surface area contributed by atoms with Crippen molar-refractivity contribution in [2.45, 2.75) is 57.9 Å². The van der Waals surface area contributed by atoms with Crippen molar-refractivity contribution in [3.8, 4) is 0 Å². The van der Waals surface area contributed by atoms with Crippen LogP contribution in [0.2, 0.25) is 0 Å². The molecule has 1 fully saturated rings. The van der Waals surface area contributed by atoms with Crippen LogP contribution >= 0.6 is 24.0 Å². The van der Waals surface area contributed by atoms with Gasteiger partial charge in [0.2, 0.25) is 0 Å². The third kappa shape index (κ3) is 6.85. The number of rotatable bonds is 5. The summed E-state index contributed by atoms with van der Waals surface area (Å²) in [5.41, 5.74) is 1.03. The molecule has 0 aliphatic heterocycles. The highest BCUT2D eigenvalue weighted by Crippen LogP contribution is 2.37. The largest absolute Gasteiger partial charge is 0.391 e. The molecule has 0 radical (unpaired) electrons. The zero-order valence-electron chi connectivity index (χ0n) is 17.1. The summed E-state index contributed by atoms with van der Waals surface area (Å²) in [6, 6.07) is 9.46. The van der Waals surface area contributed by atoms with Crippen LogP contribution < -0.4 is 10.6 Å². The van der Waals surface area contributed by atoms with Crippen molar-refractivity contribution in [3.05, 3.63) is 47.5 Å². The fourth-order valence-electron chi connectivity index (χ4n) is 3.49. The van der Waals surface area contributed by atoms with Crippen molar-refractivity contribution in [1.29, 1.82) is 0 Å². The number of benzene rings is 1. The number of alkyl halides is 3. The van der Waals surface area contributed by atoms with Crippen LogP contribution in [0.4, 0.5) is 13.2 Å². The van der Waals surface area contributed by atoms with Gasteiger partial charge in [0.1, 0.15) is 5.82 Å². The standard InChI is InChI=1S/C20H27F3N6.HI/c1-14-27-28-18(29(14)2)13-25-19(24-12-15-7-4-3-5-8-15)26-17-10-6-9-16(11-17)20(21,22)23;/h3-5,7-8,16-17H,6,9-13H2,1-2H3,(H2,24,25,26);1H. The van der Waals surface area contributed by atoms with E-state index in [1.807, 2.05) is 48.9 Å². The Balaban J connectivity index is 0.00000320. The highest BCUT2D eigenvalue weighted by molar-refractivity contribution is 14.0. The zero-order chi connectivity index (χ0) is 20.9. The number of hydrogen-bond donors (Lipinski definition) is 2. The highest BCUT2D eigenvalue weighted by Gasteiger charge is 2.42. The molecule has 2 aromatic rings. The van der Waals surface area contributed by atoms with E-state index in [0.717, 1.165) is 17.2 Å². The van der Waals surface area contributed by atoms with Crippen molar-refractivity contribution in [2.24, 2.45) is 18.0 Å². The Morgan fingerprint density at radius 2 is 1.93 bits per heavy atom. The molecule has 2 atom stereocenters. The summed E-state index contributed by atoms with van der Waals surface area (Å²) in [7, 11) is 1.87. The van der Waals surface area contributed by atoms with Gasteiger partial charge in [-0.15, -0.1) is 34.2 Å². The second-order valence-corrected chi connectivity index (χ2v) is 7.47. The predicted octanol–water partition coefficient (Wildman–Crippen LogP) is 4.10. The number of aryl methyl sites for hydroxylation is 1. The smallest absolute Gasteiger partial charge is 0.354 e. The fraction of sp³-hybridized carbons (Fsp3) is 0.550. The van der Waals surface area contributed by atoms with Crippen molar-refractivity contribution in [3.63, 3.8) is 0 Å². The molecule has 1 aromatic carbocycles. The zero-order valence-corrected chi connectivity index (χ0v) is 19.4. The SMILES string of the molecule is Cc1nnc(CNC(=NCc2ccccc2)NC2CCCC(C(F)(F)F)C2)n1C.I. The van der Waals surface area contributed by atoms with Crippen molar-refractivity contribution in [1.82, 2.24) is 25.4 Å². The first-order valence-electron chi connectivity index (χ1n) is 9.83. The van der Waals surface area contributed by atoms with Crippen molar-refractivity contribution < 1.29 is 13.2 Å². The first-order valence-corrected chi connectivity index (χ1v) is 9.83. The normalized spacial score (nSPS) is 19.8. The molecule has 0 spiro atoms. The van der Waals surface area contributed by atoms with E-state index in [2.05, 4.69) is 25.8 Å². The summed E-state index contributed by atoms with van der Waals surface area (Å²) in [5, 5.41) is 14.5. The van der Waals surface area contributed by atoms with Gasteiger partial charge in [-0.3, -0.25) is 0 Å². The number of guanidine groups is 1. The van der Waals surface area contributed by atoms with Crippen LogP contribution in [-0.4, -0.2) is 32.9 Å². The molecule has 0 saturated heterocycles. The Hall–Kier alpha value is -1.85. The van der Waals surface area contributed by atoms with E-state index < -0.39 is 12.1 Å². The predicted molar refractivity (Wildman–Crippen MR) is 121 cm³/mol. The quantitative estimate of drug-likeness (QED) is 0.343. The van der Waals surface area contributed by atoms with Crippen LogP contribution in [0.3, 0.4) is 0 Å². The van der Waals surface area contributed by atoms with Gasteiger partial charge in [0.25, 0.3) is 0 Å². The van der Waals surface area contributed by atoms with Crippen molar-refractivity contribution >= 4 is 29.9 Å². The lowest BCUT2D eigenvalue weighted by Gasteiger charge is -2.32. The second-order valence-electron chi connectivity index (χ2n) is 7.47. The maximum atomic E-state index is 13.1. The number of halogens is 4. The molecule has 1 aliphatic rings. The molecule has 0 amide bonds. The number of aromatic nitrogens is 3. The van der Waals surface area contributed by atoms with Crippen LogP contribution in [-0.2, 0) is 20.1 Å². The van der Waals surface area contributed by atoms with E-state index in [0.29, 0.717) is 31.9 Å². The molecule has 2 unspecified atom stereocenters. The van der Waals surface area contributed by atoms with Gasteiger partial charge in [0.05, 0.1) is 19.0 Å². The summed E-state index contributed by atoms with van der Waals surface area (Å²) in [6.07, 6.45) is -2.63. The minimum Gasteiger partial charge on any atom is -0.354 e. The van der Waals surface area contributed by atoms with E-state index in [1.165, 1.54) is 0 Å². The first kappa shape index (κ1) is 24.4. The van der Waals surface area contributed by atoms with E-state index in [1.54, 1.807) is 0 Å². The lowest BCUT2D eigenvalue weighted by molar-refractivity contribution is -0.183. The number of nitrogens with zero attached hydrogens (tertiary/aromatic N) is 4. The Kier molecular flexibility index (Phi) is 8.92. The summed E-state index contributed by atoms with van der Waals surface area (Å²) in [6.45, 7) is 2.68. The van der Waals surface area contributed by atoms with Crippen LogP contribution in [0.5, 0.6) is 0 Å². The van der Waals surface area contributed by atoms with Gasteiger partial charge in [-0.05, 0) is 31.7 Å². The molecule has 1 aliphatic carbocycles. The number of hydrogen-bond acceptors (Lipinski definition) is 3. The molecule has 166 valence electrons.